The summed E-state index contributed by atoms with van der Waals surface area (Å²) in [6.45, 7) is 4.08. The molecule has 1 aromatic heterocycles. The molecule has 164 valence electrons. The molecule has 31 heavy (non-hydrogen) atoms. The number of amides is 1. The molecule has 0 fully saturated rings. The van der Waals surface area contributed by atoms with E-state index in [2.05, 4.69) is 22.4 Å². The SMILES string of the molecule is CCc1ccc(O[C@@H](CC)C(=O)NCc2nc(-c3ccc(OC)cc3OC)no2)cc1. The van der Waals surface area contributed by atoms with Gasteiger partial charge in [-0.1, -0.05) is 31.1 Å². The lowest BCUT2D eigenvalue weighted by atomic mass is 10.1. The maximum absolute atomic E-state index is 12.6. The number of aromatic nitrogens is 2. The molecule has 1 N–H and O–H groups in total. The first kappa shape index (κ1) is 22.1. The summed E-state index contributed by atoms with van der Waals surface area (Å²) in [5, 5.41) is 6.78. The van der Waals surface area contributed by atoms with E-state index in [0.717, 1.165) is 6.42 Å². The molecule has 8 heteroatoms. The van der Waals surface area contributed by atoms with Crippen LogP contribution in [0.5, 0.6) is 17.2 Å². The number of nitrogens with one attached hydrogen (secondary N) is 1. The first-order valence-corrected chi connectivity index (χ1v) is 10.2. The Morgan fingerprint density at radius 2 is 1.81 bits per heavy atom. The van der Waals surface area contributed by atoms with Gasteiger partial charge < -0.3 is 24.1 Å². The minimum absolute atomic E-state index is 0.0962. The van der Waals surface area contributed by atoms with Crippen molar-refractivity contribution in [1.82, 2.24) is 15.5 Å². The molecule has 0 radical (unpaired) electrons. The zero-order valence-electron chi connectivity index (χ0n) is 18.2. The number of rotatable bonds is 10. The monoisotopic (exact) mass is 425 g/mol. The lowest BCUT2D eigenvalue weighted by molar-refractivity contribution is -0.128. The van der Waals surface area contributed by atoms with Crippen LogP contribution in [-0.2, 0) is 17.8 Å². The number of hydrogen-bond acceptors (Lipinski definition) is 7. The lowest BCUT2D eigenvalue weighted by Gasteiger charge is -2.17. The zero-order valence-corrected chi connectivity index (χ0v) is 18.2. The van der Waals surface area contributed by atoms with E-state index in [1.165, 1.54) is 5.56 Å². The Balaban J connectivity index is 1.62. The predicted octanol–water partition coefficient (Wildman–Crippen LogP) is 3.79. The van der Waals surface area contributed by atoms with Gasteiger partial charge in [0.1, 0.15) is 17.2 Å². The fourth-order valence-corrected chi connectivity index (χ4v) is 2.99. The molecule has 0 saturated carbocycles. The topological polar surface area (TPSA) is 95.7 Å². The summed E-state index contributed by atoms with van der Waals surface area (Å²) < 4.78 is 21.7. The zero-order chi connectivity index (χ0) is 22.2. The lowest BCUT2D eigenvalue weighted by Crippen LogP contribution is -2.37. The molecular weight excluding hydrogens is 398 g/mol. The van der Waals surface area contributed by atoms with Crippen molar-refractivity contribution in [2.45, 2.75) is 39.3 Å². The van der Waals surface area contributed by atoms with Gasteiger partial charge in [-0.3, -0.25) is 4.79 Å². The highest BCUT2D eigenvalue weighted by molar-refractivity contribution is 5.81. The molecule has 0 aliphatic carbocycles. The Bertz CT molecular complexity index is 1000. The average molecular weight is 425 g/mol. The smallest absolute Gasteiger partial charge is 0.261 e. The van der Waals surface area contributed by atoms with Crippen molar-refractivity contribution >= 4 is 5.91 Å². The Hall–Kier alpha value is -3.55. The van der Waals surface area contributed by atoms with Gasteiger partial charge in [-0.2, -0.15) is 4.98 Å². The minimum atomic E-state index is -0.614. The average Bonchev–Trinajstić information content (AvgIpc) is 3.29. The largest absolute Gasteiger partial charge is 0.497 e. The maximum atomic E-state index is 12.6. The highest BCUT2D eigenvalue weighted by atomic mass is 16.5. The van der Waals surface area contributed by atoms with Crippen LogP contribution >= 0.6 is 0 Å². The van der Waals surface area contributed by atoms with Gasteiger partial charge in [-0.05, 0) is 42.7 Å². The van der Waals surface area contributed by atoms with Crippen LogP contribution in [0.25, 0.3) is 11.4 Å². The number of methoxy groups -OCH3 is 2. The van der Waals surface area contributed by atoms with E-state index >= 15 is 0 Å². The number of carbonyl (C=O) groups is 1. The predicted molar refractivity (Wildman–Crippen MR) is 115 cm³/mol. The molecule has 0 saturated heterocycles. The number of benzene rings is 2. The molecule has 1 amide bonds. The van der Waals surface area contributed by atoms with Crippen molar-refractivity contribution in [1.29, 1.82) is 0 Å². The quantitative estimate of drug-likeness (QED) is 0.528. The Kier molecular flexibility index (Phi) is 7.48. The molecule has 0 aliphatic heterocycles. The standard InChI is InChI=1S/C23H27N3O5/c1-5-15-7-9-16(10-8-15)30-19(6-2)23(27)24-14-21-25-22(26-31-21)18-12-11-17(28-3)13-20(18)29-4/h7-13,19H,5-6,14H2,1-4H3,(H,24,27)/t19-/m0/s1. The molecule has 1 atom stereocenters. The summed E-state index contributed by atoms with van der Waals surface area (Å²) in [7, 11) is 3.14. The molecule has 3 rings (SSSR count). The third kappa shape index (κ3) is 5.53. The van der Waals surface area contributed by atoms with Crippen molar-refractivity contribution in [3.8, 4) is 28.6 Å². The van der Waals surface area contributed by atoms with Gasteiger partial charge in [0.2, 0.25) is 11.7 Å². The fourth-order valence-electron chi connectivity index (χ4n) is 2.99. The van der Waals surface area contributed by atoms with Gasteiger partial charge in [0.25, 0.3) is 5.91 Å². The van der Waals surface area contributed by atoms with Crippen LogP contribution < -0.4 is 19.5 Å². The molecule has 0 bridgehead atoms. The van der Waals surface area contributed by atoms with Gasteiger partial charge in [-0.15, -0.1) is 0 Å². The second-order valence-electron chi connectivity index (χ2n) is 6.81. The minimum Gasteiger partial charge on any atom is -0.497 e. The highest BCUT2D eigenvalue weighted by Crippen LogP contribution is 2.31. The van der Waals surface area contributed by atoms with Crippen molar-refractivity contribution in [3.05, 3.63) is 53.9 Å². The molecule has 0 unspecified atom stereocenters. The molecule has 0 spiro atoms. The normalized spacial score (nSPS) is 11.6. The number of ether oxygens (including phenoxy) is 3. The van der Waals surface area contributed by atoms with E-state index in [9.17, 15) is 4.79 Å². The second-order valence-corrected chi connectivity index (χ2v) is 6.81. The van der Waals surface area contributed by atoms with Crippen molar-refractivity contribution in [2.24, 2.45) is 0 Å². The third-order valence-electron chi connectivity index (χ3n) is 4.80. The van der Waals surface area contributed by atoms with Crippen LogP contribution in [-0.4, -0.2) is 36.4 Å². The summed E-state index contributed by atoms with van der Waals surface area (Å²) in [6, 6.07) is 13.0. The summed E-state index contributed by atoms with van der Waals surface area (Å²) in [5.74, 6) is 2.27. The van der Waals surface area contributed by atoms with Gasteiger partial charge in [0.05, 0.1) is 26.3 Å². The first-order valence-electron chi connectivity index (χ1n) is 10.2. The number of aryl methyl sites for hydroxylation is 1. The van der Waals surface area contributed by atoms with E-state index in [0.29, 0.717) is 35.1 Å². The Morgan fingerprint density at radius 3 is 2.45 bits per heavy atom. The molecule has 8 nitrogen and oxygen atoms in total. The fraction of sp³-hybridized carbons (Fsp3) is 0.348. The van der Waals surface area contributed by atoms with Gasteiger partial charge >= 0.3 is 0 Å². The van der Waals surface area contributed by atoms with Crippen LogP contribution in [0.3, 0.4) is 0 Å². The second kappa shape index (κ2) is 10.5. The van der Waals surface area contributed by atoms with Crippen LogP contribution in [0.15, 0.2) is 47.0 Å². The van der Waals surface area contributed by atoms with E-state index in [1.54, 1.807) is 32.4 Å². The van der Waals surface area contributed by atoms with Crippen molar-refractivity contribution in [2.75, 3.05) is 14.2 Å². The molecule has 0 aliphatic rings. The number of carbonyl (C=O) groups excluding carboxylic acids is 1. The van der Waals surface area contributed by atoms with Gasteiger partial charge in [-0.25, -0.2) is 0 Å². The van der Waals surface area contributed by atoms with Crippen molar-refractivity contribution < 1.29 is 23.5 Å². The Labute approximate surface area is 181 Å². The van der Waals surface area contributed by atoms with Crippen LogP contribution in [0.2, 0.25) is 0 Å². The molecule has 1 heterocycles. The maximum Gasteiger partial charge on any atom is 0.261 e. The summed E-state index contributed by atoms with van der Waals surface area (Å²) in [6.07, 6.45) is 0.864. The van der Waals surface area contributed by atoms with E-state index in [1.807, 2.05) is 31.2 Å². The van der Waals surface area contributed by atoms with Crippen LogP contribution in [0.1, 0.15) is 31.7 Å². The first-order chi connectivity index (χ1) is 15.1. The summed E-state index contributed by atoms with van der Waals surface area (Å²) in [4.78, 5) is 16.9. The van der Waals surface area contributed by atoms with Crippen LogP contribution in [0.4, 0.5) is 0 Å². The van der Waals surface area contributed by atoms with Gasteiger partial charge in [0.15, 0.2) is 6.10 Å². The van der Waals surface area contributed by atoms with E-state index in [4.69, 9.17) is 18.7 Å². The molecule has 2 aromatic carbocycles. The van der Waals surface area contributed by atoms with E-state index in [-0.39, 0.29) is 18.3 Å². The highest BCUT2D eigenvalue weighted by Gasteiger charge is 2.20. The van der Waals surface area contributed by atoms with Gasteiger partial charge in [0, 0.05) is 6.07 Å². The van der Waals surface area contributed by atoms with Crippen LogP contribution in [0, 0.1) is 0 Å². The summed E-state index contributed by atoms with van der Waals surface area (Å²) >= 11 is 0. The Morgan fingerprint density at radius 1 is 1.06 bits per heavy atom. The number of nitrogens with zero attached hydrogens (tertiary/aromatic N) is 2. The van der Waals surface area contributed by atoms with Crippen molar-refractivity contribution in [3.63, 3.8) is 0 Å². The molecule has 3 aromatic rings. The van der Waals surface area contributed by atoms with E-state index < -0.39 is 6.10 Å². The number of hydrogen-bond donors (Lipinski definition) is 1. The summed E-state index contributed by atoms with van der Waals surface area (Å²) in [5.41, 5.74) is 1.88. The molecular formula is C23H27N3O5. The third-order valence-corrected chi connectivity index (χ3v) is 4.80.